The van der Waals surface area contributed by atoms with Gasteiger partial charge in [-0.15, -0.1) is 24.8 Å². The fourth-order valence-electron chi connectivity index (χ4n) is 2.54. The highest BCUT2D eigenvalue weighted by Gasteiger charge is 2.28. The van der Waals surface area contributed by atoms with Gasteiger partial charge in [-0.2, -0.15) is 0 Å². The number of nitrogens with one attached hydrogen (secondary N) is 2. The first-order valence-electron chi connectivity index (χ1n) is 8.24. The zero-order valence-corrected chi connectivity index (χ0v) is 16.7. The van der Waals surface area contributed by atoms with Gasteiger partial charge >= 0.3 is 0 Å². The van der Waals surface area contributed by atoms with E-state index >= 15 is 0 Å². The number of carbonyl (C=O) groups excluding carboxylic acids is 1. The number of rotatable bonds is 7. The van der Waals surface area contributed by atoms with Gasteiger partial charge < -0.3 is 10.6 Å². The van der Waals surface area contributed by atoms with Crippen LogP contribution in [0.5, 0.6) is 0 Å². The fraction of sp³-hybridized carbons (Fsp3) is 0.611. The van der Waals surface area contributed by atoms with E-state index in [0.29, 0.717) is 18.5 Å². The molecule has 0 spiro atoms. The summed E-state index contributed by atoms with van der Waals surface area (Å²) < 4.78 is 0. The van der Waals surface area contributed by atoms with Gasteiger partial charge in [0.2, 0.25) is 5.91 Å². The van der Waals surface area contributed by atoms with E-state index in [9.17, 15) is 4.79 Å². The van der Waals surface area contributed by atoms with Gasteiger partial charge in [-0.25, -0.2) is 0 Å². The molecule has 2 N–H and O–H groups in total. The summed E-state index contributed by atoms with van der Waals surface area (Å²) in [5.74, 6) is 0.749. The van der Waals surface area contributed by atoms with E-state index in [2.05, 4.69) is 60.7 Å². The SMILES string of the molecule is CC(C(=O)NCc1cccc(CN(C)C(C)C)c1)C1CNC1.Cl.Cl. The molecule has 24 heavy (non-hydrogen) atoms. The van der Waals surface area contributed by atoms with Gasteiger partial charge in [0.15, 0.2) is 0 Å². The van der Waals surface area contributed by atoms with E-state index in [4.69, 9.17) is 0 Å². The molecule has 1 atom stereocenters. The van der Waals surface area contributed by atoms with Crippen LogP contribution in [-0.4, -0.2) is 37.0 Å². The molecule has 0 bridgehead atoms. The second-order valence-electron chi connectivity index (χ2n) is 6.75. The summed E-state index contributed by atoms with van der Waals surface area (Å²) in [6.45, 7) is 9.89. The Morgan fingerprint density at radius 3 is 2.42 bits per heavy atom. The van der Waals surface area contributed by atoms with Crippen LogP contribution in [0.4, 0.5) is 0 Å². The predicted octanol–water partition coefficient (Wildman–Crippen LogP) is 2.84. The maximum Gasteiger partial charge on any atom is 0.223 e. The topological polar surface area (TPSA) is 44.4 Å². The molecule has 1 aromatic carbocycles. The van der Waals surface area contributed by atoms with Crippen molar-refractivity contribution in [3.05, 3.63) is 35.4 Å². The first-order valence-corrected chi connectivity index (χ1v) is 8.24. The van der Waals surface area contributed by atoms with Crippen molar-refractivity contribution in [2.24, 2.45) is 11.8 Å². The minimum Gasteiger partial charge on any atom is -0.352 e. The van der Waals surface area contributed by atoms with Crippen molar-refractivity contribution in [1.82, 2.24) is 15.5 Å². The number of carbonyl (C=O) groups is 1. The second-order valence-corrected chi connectivity index (χ2v) is 6.75. The van der Waals surface area contributed by atoms with Crippen LogP contribution in [0, 0.1) is 11.8 Å². The molecule has 0 aromatic heterocycles. The largest absolute Gasteiger partial charge is 0.352 e. The Morgan fingerprint density at radius 2 is 1.88 bits per heavy atom. The molecule has 1 heterocycles. The minimum atomic E-state index is 0. The number of benzene rings is 1. The lowest BCUT2D eigenvalue weighted by Gasteiger charge is -2.31. The number of hydrogen-bond donors (Lipinski definition) is 2. The first kappa shape index (κ1) is 23.2. The molecule has 1 fully saturated rings. The number of halogens is 2. The smallest absolute Gasteiger partial charge is 0.223 e. The van der Waals surface area contributed by atoms with Crippen molar-refractivity contribution >= 4 is 30.7 Å². The van der Waals surface area contributed by atoms with Crippen molar-refractivity contribution in [2.75, 3.05) is 20.1 Å². The third-order valence-corrected chi connectivity index (χ3v) is 4.71. The summed E-state index contributed by atoms with van der Waals surface area (Å²) in [6.07, 6.45) is 0. The maximum absolute atomic E-state index is 12.2. The number of amides is 1. The van der Waals surface area contributed by atoms with Crippen molar-refractivity contribution in [3.8, 4) is 0 Å². The third kappa shape index (κ3) is 6.60. The molecular formula is C18H31Cl2N3O. The maximum atomic E-state index is 12.2. The second kappa shape index (κ2) is 10.9. The van der Waals surface area contributed by atoms with Crippen molar-refractivity contribution < 1.29 is 4.79 Å². The summed E-state index contributed by atoms with van der Waals surface area (Å²) >= 11 is 0. The summed E-state index contributed by atoms with van der Waals surface area (Å²) in [6, 6.07) is 9.01. The summed E-state index contributed by atoms with van der Waals surface area (Å²) in [5.41, 5.74) is 2.46. The van der Waals surface area contributed by atoms with Crippen molar-refractivity contribution in [1.29, 1.82) is 0 Å². The average Bonchev–Trinajstić information content (AvgIpc) is 2.43. The van der Waals surface area contributed by atoms with Crippen LogP contribution in [0.1, 0.15) is 31.9 Å². The van der Waals surface area contributed by atoms with Crippen molar-refractivity contribution in [3.63, 3.8) is 0 Å². The molecule has 1 unspecified atom stereocenters. The molecular weight excluding hydrogens is 345 g/mol. The molecule has 0 saturated carbocycles. The molecule has 2 rings (SSSR count). The highest BCUT2D eigenvalue weighted by molar-refractivity contribution is 5.85. The Morgan fingerprint density at radius 1 is 1.25 bits per heavy atom. The van der Waals surface area contributed by atoms with Gasteiger partial charge in [0, 0.05) is 25.0 Å². The zero-order chi connectivity index (χ0) is 16.1. The van der Waals surface area contributed by atoms with E-state index < -0.39 is 0 Å². The molecule has 1 aliphatic rings. The average molecular weight is 376 g/mol. The highest BCUT2D eigenvalue weighted by atomic mass is 35.5. The highest BCUT2D eigenvalue weighted by Crippen LogP contribution is 2.16. The molecule has 4 nitrogen and oxygen atoms in total. The number of hydrogen-bond acceptors (Lipinski definition) is 3. The fourth-order valence-corrected chi connectivity index (χ4v) is 2.54. The van der Waals surface area contributed by atoms with Crippen LogP contribution < -0.4 is 10.6 Å². The molecule has 6 heteroatoms. The van der Waals surface area contributed by atoms with E-state index in [0.717, 1.165) is 19.6 Å². The van der Waals surface area contributed by atoms with Crippen LogP contribution in [0.15, 0.2) is 24.3 Å². The normalized spacial score (nSPS) is 15.2. The van der Waals surface area contributed by atoms with Crippen LogP contribution >= 0.6 is 24.8 Å². The quantitative estimate of drug-likeness (QED) is 0.769. The van der Waals surface area contributed by atoms with E-state index in [-0.39, 0.29) is 36.6 Å². The summed E-state index contributed by atoms with van der Waals surface area (Å²) in [7, 11) is 2.13. The van der Waals surface area contributed by atoms with Gasteiger partial charge in [-0.1, -0.05) is 31.2 Å². The van der Waals surface area contributed by atoms with Gasteiger partial charge in [0.25, 0.3) is 0 Å². The van der Waals surface area contributed by atoms with E-state index in [1.165, 1.54) is 11.1 Å². The Labute approximate surface area is 158 Å². The van der Waals surface area contributed by atoms with Crippen LogP contribution in [0.2, 0.25) is 0 Å². The van der Waals surface area contributed by atoms with E-state index in [1.807, 2.05) is 6.92 Å². The molecule has 1 aliphatic heterocycles. The Hall–Kier alpha value is -0.810. The predicted molar refractivity (Wildman–Crippen MR) is 105 cm³/mol. The Kier molecular flexibility index (Phi) is 10.6. The van der Waals surface area contributed by atoms with Gasteiger partial charge in [-0.05, 0) is 51.0 Å². The molecule has 1 aromatic rings. The summed E-state index contributed by atoms with van der Waals surface area (Å²) in [4.78, 5) is 14.5. The van der Waals surface area contributed by atoms with Crippen LogP contribution in [0.3, 0.4) is 0 Å². The van der Waals surface area contributed by atoms with Gasteiger partial charge in [0.05, 0.1) is 0 Å². The molecule has 1 amide bonds. The van der Waals surface area contributed by atoms with Crippen molar-refractivity contribution in [2.45, 2.75) is 39.9 Å². The lowest BCUT2D eigenvalue weighted by molar-refractivity contribution is -0.126. The standard InChI is InChI=1S/C18H29N3O.2ClH/c1-13(2)21(4)12-16-7-5-6-15(8-16)9-20-18(22)14(3)17-10-19-11-17;;/h5-8,13-14,17,19H,9-12H2,1-4H3,(H,20,22);2*1H. The number of nitrogens with zero attached hydrogens (tertiary/aromatic N) is 1. The van der Waals surface area contributed by atoms with E-state index in [1.54, 1.807) is 0 Å². The molecule has 1 saturated heterocycles. The van der Waals surface area contributed by atoms with Gasteiger partial charge in [0.1, 0.15) is 0 Å². The van der Waals surface area contributed by atoms with Gasteiger partial charge in [-0.3, -0.25) is 9.69 Å². The van der Waals surface area contributed by atoms with Crippen LogP contribution in [-0.2, 0) is 17.9 Å². The molecule has 138 valence electrons. The third-order valence-electron chi connectivity index (χ3n) is 4.71. The Bertz CT molecular complexity index is 507. The molecule has 0 radical (unpaired) electrons. The monoisotopic (exact) mass is 375 g/mol. The zero-order valence-electron chi connectivity index (χ0n) is 15.0. The lowest BCUT2D eigenvalue weighted by Crippen LogP contribution is -2.49. The minimum absolute atomic E-state index is 0. The molecule has 0 aliphatic carbocycles. The lowest BCUT2D eigenvalue weighted by atomic mass is 9.88. The Balaban J connectivity index is 0.00000264. The van der Waals surface area contributed by atoms with Crippen LogP contribution in [0.25, 0.3) is 0 Å². The first-order chi connectivity index (χ1) is 10.5. The summed E-state index contributed by atoms with van der Waals surface area (Å²) in [5, 5.41) is 6.29.